The highest BCUT2D eigenvalue weighted by Gasteiger charge is 2.33. The van der Waals surface area contributed by atoms with Crippen LogP contribution >= 0.6 is 0 Å². The SMILES string of the molecule is CC(O)CN(CCCCC1(C=O)CNCC(=O)N1)CC(C)O. The fourth-order valence-electron chi connectivity index (χ4n) is 2.83. The molecule has 1 fully saturated rings. The van der Waals surface area contributed by atoms with E-state index in [0.29, 0.717) is 26.1 Å². The summed E-state index contributed by atoms with van der Waals surface area (Å²) in [6.45, 7) is 5.94. The van der Waals surface area contributed by atoms with Crippen LogP contribution in [0.3, 0.4) is 0 Å². The molecule has 1 aliphatic rings. The fourth-order valence-corrected chi connectivity index (χ4v) is 2.83. The van der Waals surface area contributed by atoms with Crippen molar-refractivity contribution in [3.8, 4) is 0 Å². The van der Waals surface area contributed by atoms with E-state index in [-0.39, 0.29) is 12.5 Å². The third-order valence-electron chi connectivity index (χ3n) is 3.73. The van der Waals surface area contributed by atoms with E-state index in [1.165, 1.54) is 0 Å². The number of hydrogen-bond acceptors (Lipinski definition) is 6. The molecule has 0 aromatic heterocycles. The van der Waals surface area contributed by atoms with Gasteiger partial charge < -0.3 is 25.6 Å². The van der Waals surface area contributed by atoms with Crippen LogP contribution in [0.1, 0.15) is 33.1 Å². The molecule has 1 heterocycles. The van der Waals surface area contributed by atoms with Gasteiger partial charge in [-0.2, -0.15) is 0 Å². The Bertz CT molecular complexity index is 353. The standard InChI is InChI=1S/C15H29N3O4/c1-12(20)8-18(9-13(2)21)6-4-3-5-15(11-19)10-16-7-14(22)17-15/h11-13,16,20-21H,3-10H2,1-2H3,(H,17,22). The number of amides is 1. The van der Waals surface area contributed by atoms with Crippen LogP contribution in [0.4, 0.5) is 0 Å². The number of nitrogens with one attached hydrogen (secondary N) is 2. The summed E-state index contributed by atoms with van der Waals surface area (Å²) in [6.07, 6.45) is 2.15. The summed E-state index contributed by atoms with van der Waals surface area (Å²) in [5.74, 6) is -0.150. The molecule has 22 heavy (non-hydrogen) atoms. The number of unbranched alkanes of at least 4 members (excludes halogenated alkanes) is 1. The van der Waals surface area contributed by atoms with Crippen molar-refractivity contribution >= 4 is 12.2 Å². The summed E-state index contributed by atoms with van der Waals surface area (Å²) in [5, 5.41) is 24.7. The summed E-state index contributed by atoms with van der Waals surface area (Å²) in [4.78, 5) is 24.8. The van der Waals surface area contributed by atoms with Crippen molar-refractivity contribution in [1.82, 2.24) is 15.5 Å². The van der Waals surface area contributed by atoms with Gasteiger partial charge in [0.15, 0.2) is 0 Å². The van der Waals surface area contributed by atoms with E-state index in [2.05, 4.69) is 10.6 Å². The first-order chi connectivity index (χ1) is 10.4. The molecule has 3 atom stereocenters. The minimum absolute atomic E-state index is 0.150. The minimum atomic E-state index is -0.797. The van der Waals surface area contributed by atoms with Gasteiger partial charge >= 0.3 is 0 Å². The third kappa shape index (κ3) is 6.83. The number of rotatable bonds is 10. The lowest BCUT2D eigenvalue weighted by atomic mass is 9.92. The van der Waals surface area contributed by atoms with Crippen molar-refractivity contribution in [3.05, 3.63) is 0 Å². The van der Waals surface area contributed by atoms with Gasteiger partial charge in [0.2, 0.25) is 5.91 Å². The molecule has 128 valence electrons. The molecule has 1 amide bonds. The number of carbonyl (C=O) groups excluding carboxylic acids is 2. The molecule has 0 radical (unpaired) electrons. The largest absolute Gasteiger partial charge is 0.392 e. The third-order valence-corrected chi connectivity index (χ3v) is 3.73. The summed E-state index contributed by atoms with van der Waals surface area (Å²) in [7, 11) is 0. The summed E-state index contributed by atoms with van der Waals surface area (Å²) < 4.78 is 0. The zero-order valence-corrected chi connectivity index (χ0v) is 13.5. The van der Waals surface area contributed by atoms with Gasteiger partial charge in [-0.3, -0.25) is 9.69 Å². The first kappa shape index (κ1) is 19.0. The predicted molar refractivity (Wildman–Crippen MR) is 83.5 cm³/mol. The highest BCUT2D eigenvalue weighted by Crippen LogP contribution is 2.14. The summed E-state index contributed by atoms with van der Waals surface area (Å²) >= 11 is 0. The van der Waals surface area contributed by atoms with Crippen LogP contribution in [0.5, 0.6) is 0 Å². The van der Waals surface area contributed by atoms with Crippen LogP contribution in [0.25, 0.3) is 0 Å². The first-order valence-electron chi connectivity index (χ1n) is 7.93. The second-order valence-corrected chi connectivity index (χ2v) is 6.34. The second-order valence-electron chi connectivity index (χ2n) is 6.34. The van der Waals surface area contributed by atoms with Gasteiger partial charge in [-0.25, -0.2) is 0 Å². The molecule has 1 saturated heterocycles. The number of hydrogen-bond donors (Lipinski definition) is 4. The Morgan fingerprint density at radius 3 is 2.41 bits per heavy atom. The molecule has 1 rings (SSSR count). The van der Waals surface area contributed by atoms with Crippen molar-refractivity contribution in [2.45, 2.75) is 50.9 Å². The number of aliphatic hydroxyl groups excluding tert-OH is 2. The Morgan fingerprint density at radius 1 is 1.27 bits per heavy atom. The van der Waals surface area contributed by atoms with E-state index in [9.17, 15) is 19.8 Å². The Balaban J connectivity index is 2.37. The number of piperazine rings is 1. The molecule has 4 N–H and O–H groups in total. The van der Waals surface area contributed by atoms with Crippen LogP contribution in [0, 0.1) is 0 Å². The normalized spacial score (nSPS) is 24.9. The zero-order valence-electron chi connectivity index (χ0n) is 13.5. The van der Waals surface area contributed by atoms with Gasteiger partial charge in [0.1, 0.15) is 11.8 Å². The summed E-state index contributed by atoms with van der Waals surface area (Å²) in [6, 6.07) is 0. The zero-order chi connectivity index (χ0) is 16.6. The van der Waals surface area contributed by atoms with Crippen molar-refractivity contribution in [2.75, 3.05) is 32.7 Å². The highest BCUT2D eigenvalue weighted by molar-refractivity contribution is 5.84. The second kappa shape index (κ2) is 9.19. The summed E-state index contributed by atoms with van der Waals surface area (Å²) in [5.41, 5.74) is -0.797. The van der Waals surface area contributed by atoms with Crippen molar-refractivity contribution in [3.63, 3.8) is 0 Å². The molecule has 7 nitrogen and oxygen atoms in total. The number of aldehydes is 1. The molecular weight excluding hydrogens is 286 g/mol. The predicted octanol–water partition coefficient (Wildman–Crippen LogP) is -1.12. The Kier molecular flexibility index (Phi) is 7.95. The van der Waals surface area contributed by atoms with Gasteiger partial charge in [0.05, 0.1) is 18.8 Å². The maximum absolute atomic E-state index is 11.4. The topological polar surface area (TPSA) is 102 Å². The lowest BCUT2D eigenvalue weighted by Gasteiger charge is -2.34. The van der Waals surface area contributed by atoms with Gasteiger partial charge in [0.25, 0.3) is 0 Å². The molecule has 3 unspecified atom stereocenters. The quantitative estimate of drug-likeness (QED) is 0.301. The van der Waals surface area contributed by atoms with Gasteiger partial charge in [-0.1, -0.05) is 0 Å². The number of nitrogens with zero attached hydrogens (tertiary/aromatic N) is 1. The molecule has 0 saturated carbocycles. The molecule has 0 aliphatic carbocycles. The number of aliphatic hydroxyl groups is 2. The van der Waals surface area contributed by atoms with Gasteiger partial charge in [-0.05, 0) is 39.7 Å². The van der Waals surface area contributed by atoms with Gasteiger partial charge in [-0.15, -0.1) is 0 Å². The highest BCUT2D eigenvalue weighted by atomic mass is 16.3. The Labute approximate surface area is 132 Å². The Morgan fingerprint density at radius 2 is 1.91 bits per heavy atom. The van der Waals surface area contributed by atoms with E-state index in [4.69, 9.17) is 0 Å². The molecule has 0 bridgehead atoms. The minimum Gasteiger partial charge on any atom is -0.392 e. The smallest absolute Gasteiger partial charge is 0.234 e. The van der Waals surface area contributed by atoms with Crippen molar-refractivity contribution in [2.24, 2.45) is 0 Å². The van der Waals surface area contributed by atoms with Crippen molar-refractivity contribution in [1.29, 1.82) is 0 Å². The number of carbonyl (C=O) groups is 2. The Hall–Kier alpha value is -1.02. The maximum atomic E-state index is 11.4. The monoisotopic (exact) mass is 315 g/mol. The van der Waals surface area contributed by atoms with Gasteiger partial charge in [0, 0.05) is 19.6 Å². The average Bonchev–Trinajstić information content (AvgIpc) is 2.42. The fraction of sp³-hybridized carbons (Fsp3) is 0.867. The maximum Gasteiger partial charge on any atom is 0.234 e. The lowest BCUT2D eigenvalue weighted by Crippen LogP contribution is -2.62. The van der Waals surface area contributed by atoms with E-state index in [1.54, 1.807) is 13.8 Å². The molecule has 7 heteroatoms. The lowest BCUT2D eigenvalue weighted by molar-refractivity contribution is -0.128. The molecule has 0 aromatic rings. The van der Waals surface area contributed by atoms with Crippen LogP contribution < -0.4 is 10.6 Å². The van der Waals surface area contributed by atoms with Crippen LogP contribution in [-0.2, 0) is 9.59 Å². The van der Waals surface area contributed by atoms with E-state index >= 15 is 0 Å². The van der Waals surface area contributed by atoms with Crippen LogP contribution in [0.2, 0.25) is 0 Å². The van der Waals surface area contributed by atoms with E-state index in [1.807, 2.05) is 4.90 Å². The average molecular weight is 315 g/mol. The van der Waals surface area contributed by atoms with E-state index in [0.717, 1.165) is 25.7 Å². The van der Waals surface area contributed by atoms with E-state index < -0.39 is 17.7 Å². The van der Waals surface area contributed by atoms with Crippen molar-refractivity contribution < 1.29 is 19.8 Å². The molecular formula is C15H29N3O4. The van der Waals surface area contributed by atoms with Crippen LogP contribution in [0.15, 0.2) is 0 Å². The molecule has 0 spiro atoms. The molecule has 0 aromatic carbocycles. The first-order valence-corrected chi connectivity index (χ1v) is 7.93. The van der Waals surface area contributed by atoms with Crippen LogP contribution in [-0.4, -0.2) is 77.8 Å². The molecule has 1 aliphatic heterocycles.